The Balaban J connectivity index is 1.44. The van der Waals surface area contributed by atoms with Gasteiger partial charge in [0.1, 0.15) is 5.82 Å². The molecule has 1 N–H and O–H groups in total. The third-order valence-corrected chi connectivity index (χ3v) is 6.82. The number of carbonyl (C=O) groups is 2. The summed E-state index contributed by atoms with van der Waals surface area (Å²) in [6.45, 7) is 3.79. The molecule has 0 aromatic heterocycles. The average Bonchev–Trinajstić information content (AvgIpc) is 3.13. The van der Waals surface area contributed by atoms with Gasteiger partial charge in [0.05, 0.1) is 17.7 Å². The molecule has 1 aliphatic heterocycles. The molecule has 0 aliphatic carbocycles. The number of hydrogen-bond acceptors (Lipinski definition) is 6. The number of hydrogen-bond donors (Lipinski definition) is 1. The highest BCUT2D eigenvalue weighted by molar-refractivity contribution is 8.27. The predicted octanol–water partition coefficient (Wildman–Crippen LogP) is 5.87. The third kappa shape index (κ3) is 5.75. The molecule has 9 heteroatoms. The molecule has 1 heterocycles. The van der Waals surface area contributed by atoms with E-state index in [1.54, 1.807) is 24.3 Å². The number of carbonyl (C=O) groups excluding carboxylic acids is 2. The molecule has 3 aromatic carbocycles. The molecule has 6 nitrogen and oxygen atoms in total. The Morgan fingerprint density at radius 2 is 1.81 bits per heavy atom. The molecule has 1 fully saturated rings. The first-order chi connectivity index (χ1) is 17.2. The van der Waals surface area contributed by atoms with Crippen molar-refractivity contribution in [3.8, 4) is 11.5 Å². The van der Waals surface area contributed by atoms with E-state index in [1.165, 1.54) is 36.3 Å². The van der Waals surface area contributed by atoms with E-state index < -0.39 is 5.82 Å². The van der Waals surface area contributed by atoms with E-state index >= 15 is 0 Å². The van der Waals surface area contributed by atoms with Crippen molar-refractivity contribution in [2.75, 3.05) is 23.9 Å². The van der Waals surface area contributed by atoms with Crippen LogP contribution >= 0.6 is 24.0 Å². The summed E-state index contributed by atoms with van der Waals surface area (Å²) in [5, 5.41) is 2.81. The Labute approximate surface area is 218 Å². The van der Waals surface area contributed by atoms with Crippen molar-refractivity contribution in [2.24, 2.45) is 0 Å². The van der Waals surface area contributed by atoms with E-state index in [0.29, 0.717) is 37.7 Å². The predicted molar refractivity (Wildman–Crippen MR) is 145 cm³/mol. The van der Waals surface area contributed by atoms with Crippen molar-refractivity contribution in [1.29, 1.82) is 0 Å². The third-order valence-electron chi connectivity index (χ3n) is 5.51. The van der Waals surface area contributed by atoms with Gasteiger partial charge >= 0.3 is 0 Å². The van der Waals surface area contributed by atoms with Crippen molar-refractivity contribution in [3.05, 3.63) is 88.1 Å². The van der Waals surface area contributed by atoms with Crippen LogP contribution in [0.5, 0.6) is 11.5 Å². The fraction of sp³-hybridized carbons (Fsp3) is 0.148. The molecule has 4 rings (SSSR count). The highest BCUT2D eigenvalue weighted by Crippen LogP contribution is 2.37. The van der Waals surface area contributed by atoms with Crippen molar-refractivity contribution < 1.29 is 23.5 Å². The normalized spacial score (nSPS) is 14.3. The summed E-state index contributed by atoms with van der Waals surface area (Å²) in [5.41, 5.74) is 4.13. The minimum atomic E-state index is -0.392. The molecule has 184 valence electrons. The zero-order valence-corrected chi connectivity index (χ0v) is 21.5. The second kappa shape index (κ2) is 10.9. The van der Waals surface area contributed by atoms with Gasteiger partial charge in [-0.25, -0.2) is 4.39 Å². The largest absolute Gasteiger partial charge is 0.493 e. The first-order valence-electron chi connectivity index (χ1n) is 11.0. The molecule has 1 saturated heterocycles. The molecule has 0 spiro atoms. The van der Waals surface area contributed by atoms with Gasteiger partial charge in [-0.15, -0.1) is 0 Å². The van der Waals surface area contributed by atoms with Crippen LogP contribution in [0.3, 0.4) is 0 Å². The number of rotatable bonds is 7. The van der Waals surface area contributed by atoms with Gasteiger partial charge in [-0.3, -0.25) is 14.5 Å². The second-order valence-corrected chi connectivity index (χ2v) is 9.72. The van der Waals surface area contributed by atoms with Crippen LogP contribution in [0.1, 0.15) is 16.7 Å². The number of nitrogens with zero attached hydrogens (tertiary/aromatic N) is 1. The lowest BCUT2D eigenvalue weighted by molar-refractivity contribution is -0.118. The van der Waals surface area contributed by atoms with Crippen LogP contribution in [-0.2, 0) is 9.59 Å². The van der Waals surface area contributed by atoms with E-state index in [4.69, 9.17) is 21.7 Å². The van der Waals surface area contributed by atoms with Crippen LogP contribution in [0.2, 0.25) is 0 Å². The average molecular weight is 523 g/mol. The quantitative estimate of drug-likeness (QED) is 0.309. The summed E-state index contributed by atoms with van der Waals surface area (Å²) in [5.74, 6) is -0.176. The molecule has 0 bridgehead atoms. The van der Waals surface area contributed by atoms with Gasteiger partial charge < -0.3 is 14.8 Å². The fourth-order valence-corrected chi connectivity index (χ4v) is 4.78. The topological polar surface area (TPSA) is 67.9 Å². The first-order valence-corrected chi connectivity index (χ1v) is 12.2. The summed E-state index contributed by atoms with van der Waals surface area (Å²) in [4.78, 5) is 27.1. The Morgan fingerprint density at radius 1 is 1.06 bits per heavy atom. The maximum absolute atomic E-state index is 13.3. The van der Waals surface area contributed by atoms with Crippen LogP contribution < -0.4 is 19.7 Å². The van der Waals surface area contributed by atoms with Crippen LogP contribution in [0.15, 0.2) is 65.6 Å². The number of nitrogens with one attached hydrogen (secondary N) is 1. The van der Waals surface area contributed by atoms with E-state index in [9.17, 15) is 14.0 Å². The number of anilines is 2. The minimum Gasteiger partial charge on any atom is -0.493 e. The zero-order chi connectivity index (χ0) is 25.8. The number of benzene rings is 3. The number of ether oxygens (including phenoxy) is 2. The standard InChI is InChI=1S/C27H23FN2O4S2/c1-16-4-8-20(12-17(16)2)29-25(31)15-34-22-11-5-18(13-23(22)33-3)14-24-26(32)30(27(35)36-24)21-9-6-19(28)7-10-21/h4-14H,15H2,1-3H3,(H,29,31)/b24-14-. The van der Waals surface area contributed by atoms with E-state index in [-0.39, 0.29) is 18.4 Å². The molecule has 3 aromatic rings. The lowest BCUT2D eigenvalue weighted by Gasteiger charge is -2.14. The number of thiocarbonyl (C=S) groups is 1. The van der Waals surface area contributed by atoms with Gasteiger partial charge in [0.25, 0.3) is 11.8 Å². The van der Waals surface area contributed by atoms with Gasteiger partial charge in [0, 0.05) is 5.69 Å². The van der Waals surface area contributed by atoms with Gasteiger partial charge in [0.15, 0.2) is 22.4 Å². The SMILES string of the molecule is COc1cc(/C=C2\SC(=S)N(c3ccc(F)cc3)C2=O)ccc1OCC(=O)Nc1ccc(C)c(C)c1. The van der Waals surface area contributed by atoms with Crippen LogP contribution in [0.4, 0.5) is 15.8 Å². The summed E-state index contributed by atoms with van der Waals surface area (Å²) in [6, 6.07) is 16.4. The number of halogens is 1. The monoisotopic (exact) mass is 522 g/mol. The summed E-state index contributed by atoms with van der Waals surface area (Å²) < 4.78 is 24.7. The Morgan fingerprint density at radius 3 is 2.50 bits per heavy atom. The minimum absolute atomic E-state index is 0.195. The molecule has 36 heavy (non-hydrogen) atoms. The van der Waals surface area contributed by atoms with Crippen molar-refractivity contribution in [1.82, 2.24) is 0 Å². The Kier molecular flexibility index (Phi) is 7.71. The molecule has 0 radical (unpaired) electrons. The zero-order valence-electron chi connectivity index (χ0n) is 19.8. The number of aryl methyl sites for hydroxylation is 2. The van der Waals surface area contributed by atoms with E-state index in [1.807, 2.05) is 32.0 Å². The van der Waals surface area contributed by atoms with Crippen LogP contribution in [0, 0.1) is 19.7 Å². The highest BCUT2D eigenvalue weighted by atomic mass is 32.2. The Hall–Kier alpha value is -3.69. The van der Waals surface area contributed by atoms with Crippen LogP contribution in [0.25, 0.3) is 6.08 Å². The lowest BCUT2D eigenvalue weighted by Crippen LogP contribution is -2.27. The molecular formula is C27H23FN2O4S2. The van der Waals surface area contributed by atoms with Gasteiger partial charge in [0.2, 0.25) is 0 Å². The fourth-order valence-electron chi connectivity index (χ4n) is 3.48. The highest BCUT2D eigenvalue weighted by Gasteiger charge is 2.33. The molecule has 0 unspecified atom stereocenters. The molecule has 2 amide bonds. The molecule has 0 saturated carbocycles. The molecular weight excluding hydrogens is 499 g/mol. The summed E-state index contributed by atoms with van der Waals surface area (Å²) in [7, 11) is 1.50. The van der Waals surface area contributed by atoms with Crippen molar-refractivity contribution in [3.63, 3.8) is 0 Å². The van der Waals surface area contributed by atoms with Gasteiger partial charge in [-0.05, 0) is 85.1 Å². The maximum atomic E-state index is 13.3. The van der Waals surface area contributed by atoms with E-state index in [0.717, 1.165) is 22.9 Å². The number of thioether (sulfide) groups is 1. The van der Waals surface area contributed by atoms with Crippen molar-refractivity contribution >= 4 is 57.6 Å². The first kappa shape index (κ1) is 25.4. The lowest BCUT2D eigenvalue weighted by atomic mass is 10.1. The summed E-state index contributed by atoms with van der Waals surface area (Å²) in [6.07, 6.45) is 1.70. The number of amides is 2. The smallest absolute Gasteiger partial charge is 0.270 e. The number of methoxy groups -OCH3 is 1. The van der Waals surface area contributed by atoms with Crippen LogP contribution in [-0.4, -0.2) is 29.9 Å². The van der Waals surface area contributed by atoms with Crippen molar-refractivity contribution in [2.45, 2.75) is 13.8 Å². The van der Waals surface area contributed by atoms with E-state index in [2.05, 4.69) is 5.32 Å². The maximum Gasteiger partial charge on any atom is 0.270 e. The summed E-state index contributed by atoms with van der Waals surface area (Å²) >= 11 is 6.53. The molecule has 1 aliphatic rings. The van der Waals surface area contributed by atoms with Gasteiger partial charge in [-0.2, -0.15) is 0 Å². The second-order valence-electron chi connectivity index (χ2n) is 8.04. The molecule has 0 atom stereocenters. The Bertz CT molecular complexity index is 1370. The van der Waals surface area contributed by atoms with Gasteiger partial charge in [-0.1, -0.05) is 36.1 Å².